The Hall–Kier alpha value is -1.73. The van der Waals surface area contributed by atoms with Crippen molar-refractivity contribution in [3.63, 3.8) is 0 Å². The Kier molecular flexibility index (Phi) is 3.27. The first kappa shape index (κ1) is 13.9. The minimum Gasteiger partial charge on any atom is -0.378 e. The molecule has 2 aromatic rings. The normalized spacial score (nSPS) is 19.0. The van der Waals surface area contributed by atoms with Crippen LogP contribution in [0.5, 0.6) is 0 Å². The maximum absolute atomic E-state index is 13.0. The van der Waals surface area contributed by atoms with E-state index in [1.807, 2.05) is 4.90 Å². The van der Waals surface area contributed by atoms with Gasteiger partial charge in [-0.3, -0.25) is 4.79 Å². The van der Waals surface area contributed by atoms with Crippen molar-refractivity contribution in [1.82, 2.24) is 19.9 Å². The molecule has 1 fully saturated rings. The van der Waals surface area contributed by atoms with Crippen LogP contribution in [0.1, 0.15) is 45.3 Å². The summed E-state index contributed by atoms with van der Waals surface area (Å²) >= 11 is 1.42. The first-order valence-corrected chi connectivity index (χ1v) is 8.34. The van der Waals surface area contributed by atoms with Gasteiger partial charge in [0.15, 0.2) is 0 Å². The van der Waals surface area contributed by atoms with Gasteiger partial charge in [-0.25, -0.2) is 9.97 Å². The summed E-state index contributed by atoms with van der Waals surface area (Å²) in [4.78, 5) is 27.7. The lowest BCUT2D eigenvalue weighted by atomic mass is 9.70. The van der Waals surface area contributed by atoms with Gasteiger partial charge in [-0.1, -0.05) is 0 Å². The molecular formula is C15H18N4O2S. The van der Waals surface area contributed by atoms with Crippen LogP contribution in [0.4, 0.5) is 0 Å². The molecule has 0 bridgehead atoms. The molecule has 116 valence electrons. The van der Waals surface area contributed by atoms with Crippen molar-refractivity contribution in [2.75, 3.05) is 13.7 Å². The van der Waals surface area contributed by atoms with Crippen molar-refractivity contribution < 1.29 is 9.53 Å². The molecule has 2 aromatic heterocycles. The first-order valence-electron chi connectivity index (χ1n) is 7.53. The van der Waals surface area contributed by atoms with Crippen molar-refractivity contribution in [2.45, 2.75) is 37.8 Å². The number of nitrogens with zero attached hydrogens (tertiary/aromatic N) is 3. The predicted octanol–water partition coefficient (Wildman–Crippen LogP) is 2.09. The molecule has 1 N–H and O–H groups in total. The van der Waals surface area contributed by atoms with Crippen LogP contribution in [0.3, 0.4) is 0 Å². The molecule has 22 heavy (non-hydrogen) atoms. The molecule has 0 aromatic carbocycles. The zero-order valence-corrected chi connectivity index (χ0v) is 13.3. The van der Waals surface area contributed by atoms with E-state index in [1.54, 1.807) is 19.6 Å². The second-order valence-corrected chi connectivity index (χ2v) is 6.99. The summed E-state index contributed by atoms with van der Waals surface area (Å²) in [5.41, 5.74) is 2.06. The van der Waals surface area contributed by atoms with E-state index in [9.17, 15) is 4.79 Å². The van der Waals surface area contributed by atoms with Crippen LogP contribution in [0, 0.1) is 0 Å². The van der Waals surface area contributed by atoms with Crippen molar-refractivity contribution in [3.8, 4) is 0 Å². The molecule has 1 saturated carbocycles. The fourth-order valence-corrected chi connectivity index (χ4v) is 4.36. The summed E-state index contributed by atoms with van der Waals surface area (Å²) in [7, 11) is 1.63. The van der Waals surface area contributed by atoms with Crippen LogP contribution in [-0.4, -0.2) is 39.4 Å². The molecule has 0 saturated heterocycles. The Morgan fingerprint density at radius 1 is 1.50 bits per heavy atom. The van der Waals surface area contributed by atoms with E-state index < -0.39 is 0 Å². The largest absolute Gasteiger partial charge is 0.378 e. The van der Waals surface area contributed by atoms with E-state index in [0.29, 0.717) is 11.5 Å². The fourth-order valence-electron chi connectivity index (χ4n) is 3.52. The molecular weight excluding hydrogens is 300 g/mol. The number of amides is 1. The third-order valence-corrected chi connectivity index (χ3v) is 5.68. The molecule has 1 spiro atoms. The molecule has 0 radical (unpaired) electrons. The average molecular weight is 318 g/mol. The highest BCUT2D eigenvalue weighted by atomic mass is 32.1. The van der Waals surface area contributed by atoms with Crippen molar-refractivity contribution in [3.05, 3.63) is 33.8 Å². The summed E-state index contributed by atoms with van der Waals surface area (Å²) < 4.78 is 5.08. The SMILES string of the molecule is COCc1ncc(C(=O)N2CCc3[nH]cnc3C23CCC3)s1. The standard InChI is InChI=1S/C15H18N4O2S/c1-21-8-12-16-7-11(22-12)14(20)19-6-3-10-13(18-9-17-10)15(19)4-2-5-15/h7,9H,2-6,8H2,1H3,(H,17,18). The number of rotatable bonds is 3. The van der Waals surface area contributed by atoms with Gasteiger partial charge in [0, 0.05) is 25.8 Å². The predicted molar refractivity (Wildman–Crippen MR) is 81.7 cm³/mol. The number of aromatic nitrogens is 3. The highest BCUT2D eigenvalue weighted by molar-refractivity contribution is 7.13. The number of nitrogens with one attached hydrogen (secondary N) is 1. The first-order chi connectivity index (χ1) is 10.7. The minimum absolute atomic E-state index is 0.0770. The lowest BCUT2D eigenvalue weighted by molar-refractivity contribution is 0.00493. The summed E-state index contributed by atoms with van der Waals surface area (Å²) in [6, 6.07) is 0. The molecule has 6 nitrogen and oxygen atoms in total. The Balaban J connectivity index is 1.65. The van der Waals surface area contributed by atoms with E-state index in [-0.39, 0.29) is 11.4 Å². The van der Waals surface area contributed by atoms with Gasteiger partial charge in [0.2, 0.25) is 0 Å². The number of fused-ring (bicyclic) bond motifs is 2. The zero-order chi connectivity index (χ0) is 15.2. The highest BCUT2D eigenvalue weighted by Gasteiger charge is 2.51. The third-order valence-electron chi connectivity index (χ3n) is 4.72. The Labute approximate surface area is 132 Å². The monoisotopic (exact) mass is 318 g/mol. The molecule has 1 aliphatic heterocycles. The second kappa shape index (κ2) is 5.17. The number of imidazole rings is 1. The van der Waals surface area contributed by atoms with Gasteiger partial charge in [-0.2, -0.15) is 0 Å². The van der Waals surface area contributed by atoms with Gasteiger partial charge >= 0.3 is 0 Å². The smallest absolute Gasteiger partial charge is 0.266 e. The van der Waals surface area contributed by atoms with Crippen LogP contribution in [-0.2, 0) is 23.3 Å². The number of H-pyrrole nitrogens is 1. The number of thiazole rings is 1. The number of ether oxygens (including phenoxy) is 1. The van der Waals surface area contributed by atoms with Crippen molar-refractivity contribution in [1.29, 1.82) is 0 Å². The summed E-state index contributed by atoms with van der Waals surface area (Å²) in [5.74, 6) is 0.0770. The van der Waals surface area contributed by atoms with E-state index in [1.165, 1.54) is 17.0 Å². The lowest BCUT2D eigenvalue weighted by Crippen LogP contribution is -2.57. The number of hydrogen-bond donors (Lipinski definition) is 1. The van der Waals surface area contributed by atoms with Crippen LogP contribution >= 0.6 is 11.3 Å². The van der Waals surface area contributed by atoms with E-state index >= 15 is 0 Å². The van der Waals surface area contributed by atoms with Gasteiger partial charge in [0.05, 0.1) is 30.4 Å². The van der Waals surface area contributed by atoms with E-state index in [0.717, 1.165) is 42.9 Å². The summed E-state index contributed by atoms with van der Waals surface area (Å²) in [6.45, 7) is 1.19. The molecule has 1 aliphatic carbocycles. The third kappa shape index (κ3) is 1.92. The van der Waals surface area contributed by atoms with Crippen LogP contribution in [0.2, 0.25) is 0 Å². The van der Waals surface area contributed by atoms with E-state index in [2.05, 4.69) is 15.0 Å². The molecule has 7 heteroatoms. The van der Waals surface area contributed by atoms with Gasteiger partial charge in [0.1, 0.15) is 9.88 Å². The number of methoxy groups -OCH3 is 1. The number of aromatic amines is 1. The molecule has 0 unspecified atom stereocenters. The Morgan fingerprint density at radius 2 is 2.36 bits per heavy atom. The maximum atomic E-state index is 13.0. The van der Waals surface area contributed by atoms with Crippen LogP contribution in [0.15, 0.2) is 12.5 Å². The van der Waals surface area contributed by atoms with Gasteiger partial charge in [-0.15, -0.1) is 11.3 Å². The topological polar surface area (TPSA) is 71.1 Å². The molecule has 4 rings (SSSR count). The number of carbonyl (C=O) groups is 1. The van der Waals surface area contributed by atoms with Gasteiger partial charge in [-0.05, 0) is 19.3 Å². The van der Waals surface area contributed by atoms with Crippen molar-refractivity contribution in [2.24, 2.45) is 0 Å². The highest BCUT2D eigenvalue weighted by Crippen LogP contribution is 2.49. The van der Waals surface area contributed by atoms with Crippen LogP contribution < -0.4 is 0 Å². The number of carbonyl (C=O) groups excluding carboxylic acids is 1. The second-order valence-electron chi connectivity index (χ2n) is 5.87. The van der Waals surface area contributed by atoms with Crippen LogP contribution in [0.25, 0.3) is 0 Å². The zero-order valence-electron chi connectivity index (χ0n) is 12.5. The summed E-state index contributed by atoms with van der Waals surface area (Å²) in [6.07, 6.45) is 7.41. The lowest BCUT2D eigenvalue weighted by Gasteiger charge is -2.51. The Bertz CT molecular complexity index is 704. The molecule has 3 heterocycles. The molecule has 2 aliphatic rings. The molecule has 1 amide bonds. The number of hydrogen-bond acceptors (Lipinski definition) is 5. The Morgan fingerprint density at radius 3 is 3.09 bits per heavy atom. The van der Waals surface area contributed by atoms with E-state index in [4.69, 9.17) is 4.74 Å². The van der Waals surface area contributed by atoms with Crippen molar-refractivity contribution >= 4 is 17.2 Å². The maximum Gasteiger partial charge on any atom is 0.266 e. The molecule has 0 atom stereocenters. The fraction of sp³-hybridized carbons (Fsp3) is 0.533. The van der Waals surface area contributed by atoms with Gasteiger partial charge in [0.25, 0.3) is 5.91 Å². The minimum atomic E-state index is -0.198. The summed E-state index contributed by atoms with van der Waals surface area (Å²) in [5, 5.41) is 0.839. The quantitative estimate of drug-likeness (QED) is 0.940. The van der Waals surface area contributed by atoms with Gasteiger partial charge < -0.3 is 14.6 Å². The average Bonchev–Trinajstić information content (AvgIpc) is 3.12.